The van der Waals surface area contributed by atoms with Gasteiger partial charge in [0.05, 0.1) is 22.1 Å². The summed E-state index contributed by atoms with van der Waals surface area (Å²) in [6.07, 6.45) is 1.82. The van der Waals surface area contributed by atoms with Crippen LogP contribution in [0.3, 0.4) is 0 Å². The Bertz CT molecular complexity index is 980. The number of thiophene rings is 1. The molecule has 3 aromatic rings. The number of carbonyl (C=O) groups is 1. The van der Waals surface area contributed by atoms with E-state index in [2.05, 4.69) is 10.4 Å². The van der Waals surface area contributed by atoms with Crippen LogP contribution in [0.2, 0.25) is 5.02 Å². The molecular weight excluding hydrogens is 394 g/mol. The van der Waals surface area contributed by atoms with Gasteiger partial charge in [-0.05, 0) is 56.8 Å². The predicted molar refractivity (Wildman–Crippen MR) is 113 cm³/mol. The number of hydrogen-bond acceptors (Lipinski definition) is 4. The molecule has 0 fully saturated rings. The van der Waals surface area contributed by atoms with Crippen molar-refractivity contribution < 1.29 is 9.53 Å². The highest BCUT2D eigenvalue weighted by Gasteiger charge is 2.17. The van der Waals surface area contributed by atoms with E-state index in [1.807, 2.05) is 68.2 Å². The molecule has 1 N–H and O–H groups in total. The van der Waals surface area contributed by atoms with Gasteiger partial charge in [0, 0.05) is 23.4 Å². The molecule has 0 saturated carbocycles. The van der Waals surface area contributed by atoms with E-state index in [-0.39, 0.29) is 11.9 Å². The largest absolute Gasteiger partial charge is 0.487 e. The lowest BCUT2D eigenvalue weighted by Gasteiger charge is -2.13. The molecule has 0 saturated heterocycles. The van der Waals surface area contributed by atoms with Crippen molar-refractivity contribution in [1.29, 1.82) is 0 Å². The first kappa shape index (κ1) is 20.4. The lowest BCUT2D eigenvalue weighted by atomic mass is 10.1. The van der Waals surface area contributed by atoms with Gasteiger partial charge in [-0.2, -0.15) is 5.10 Å². The number of carbonyl (C=O) groups excluding carboxylic acids is 1. The molecule has 0 radical (unpaired) electrons. The lowest BCUT2D eigenvalue weighted by molar-refractivity contribution is 0.0944. The summed E-state index contributed by atoms with van der Waals surface area (Å²) in [4.78, 5) is 13.3. The van der Waals surface area contributed by atoms with Gasteiger partial charge in [-0.15, -0.1) is 11.3 Å². The van der Waals surface area contributed by atoms with Crippen LogP contribution in [0.4, 0.5) is 0 Å². The van der Waals surface area contributed by atoms with E-state index < -0.39 is 0 Å². The van der Waals surface area contributed by atoms with Gasteiger partial charge in [0.15, 0.2) is 0 Å². The molecule has 0 bridgehead atoms. The third-order valence-corrected chi connectivity index (χ3v) is 5.90. The number of nitrogens with zero attached hydrogens (tertiary/aromatic N) is 2. The van der Waals surface area contributed by atoms with Crippen LogP contribution < -0.4 is 10.1 Å². The van der Waals surface area contributed by atoms with Crippen LogP contribution in [0.5, 0.6) is 5.75 Å². The number of aryl methyl sites for hydroxylation is 2. The van der Waals surface area contributed by atoms with E-state index in [1.165, 1.54) is 11.3 Å². The highest BCUT2D eigenvalue weighted by Crippen LogP contribution is 2.27. The van der Waals surface area contributed by atoms with E-state index in [1.54, 1.807) is 0 Å². The second-order valence-corrected chi connectivity index (χ2v) is 8.06. The van der Waals surface area contributed by atoms with Crippen molar-refractivity contribution in [3.63, 3.8) is 0 Å². The molecule has 1 aromatic carbocycles. The molecule has 2 heterocycles. The Kier molecular flexibility index (Phi) is 6.42. The molecule has 3 rings (SSSR count). The Morgan fingerprint density at radius 3 is 2.86 bits per heavy atom. The molecule has 0 aliphatic carbocycles. The van der Waals surface area contributed by atoms with Crippen molar-refractivity contribution in [2.75, 3.05) is 0 Å². The Hall–Kier alpha value is -2.31. The quantitative estimate of drug-likeness (QED) is 0.567. The summed E-state index contributed by atoms with van der Waals surface area (Å²) in [5, 5.41) is 9.91. The van der Waals surface area contributed by atoms with Gasteiger partial charge in [-0.1, -0.05) is 17.7 Å². The highest BCUT2D eigenvalue weighted by molar-refractivity contribution is 7.12. The standard InChI is InChI=1S/C21H24ClN3O2S/c1-5-25-15(4)17(10-23-25)14(3)24-21(26)20-9-16(12-28-20)11-27-19-8-13(2)6-7-18(19)22/h6-10,12,14H,5,11H2,1-4H3,(H,24,26). The van der Waals surface area contributed by atoms with E-state index in [0.29, 0.717) is 22.3 Å². The number of aromatic nitrogens is 2. The Morgan fingerprint density at radius 2 is 2.14 bits per heavy atom. The number of nitrogens with one attached hydrogen (secondary N) is 1. The first-order valence-electron chi connectivity index (χ1n) is 9.18. The van der Waals surface area contributed by atoms with Crippen molar-refractivity contribution in [2.45, 2.75) is 46.9 Å². The van der Waals surface area contributed by atoms with Crippen LogP contribution in [0.15, 0.2) is 35.8 Å². The van der Waals surface area contributed by atoms with Gasteiger partial charge in [-0.25, -0.2) is 0 Å². The first-order chi connectivity index (χ1) is 13.4. The number of halogens is 1. The summed E-state index contributed by atoms with van der Waals surface area (Å²) < 4.78 is 7.74. The van der Waals surface area contributed by atoms with Crippen molar-refractivity contribution in [1.82, 2.24) is 15.1 Å². The topological polar surface area (TPSA) is 56.2 Å². The summed E-state index contributed by atoms with van der Waals surface area (Å²) in [6.45, 7) is 9.21. The van der Waals surface area contributed by atoms with Gasteiger partial charge in [0.25, 0.3) is 5.91 Å². The van der Waals surface area contributed by atoms with Crippen molar-refractivity contribution in [3.05, 3.63) is 68.1 Å². The number of amides is 1. The molecule has 5 nitrogen and oxygen atoms in total. The summed E-state index contributed by atoms with van der Waals surface area (Å²) in [6, 6.07) is 7.42. The zero-order chi connectivity index (χ0) is 20.3. The van der Waals surface area contributed by atoms with Crippen LogP contribution >= 0.6 is 22.9 Å². The molecular formula is C21H24ClN3O2S. The first-order valence-corrected chi connectivity index (χ1v) is 10.4. The normalized spacial score (nSPS) is 12.0. The van der Waals surface area contributed by atoms with Crippen LogP contribution in [0, 0.1) is 13.8 Å². The van der Waals surface area contributed by atoms with Crippen molar-refractivity contribution >= 4 is 28.8 Å². The molecule has 0 aliphatic rings. The van der Waals surface area contributed by atoms with Crippen LogP contribution in [0.25, 0.3) is 0 Å². The second-order valence-electron chi connectivity index (χ2n) is 6.74. The summed E-state index contributed by atoms with van der Waals surface area (Å²) in [5.74, 6) is 0.553. The van der Waals surface area contributed by atoms with Gasteiger partial charge in [-0.3, -0.25) is 9.48 Å². The van der Waals surface area contributed by atoms with E-state index in [0.717, 1.165) is 28.9 Å². The highest BCUT2D eigenvalue weighted by atomic mass is 35.5. The maximum absolute atomic E-state index is 12.6. The Balaban J connectivity index is 1.62. The summed E-state index contributed by atoms with van der Waals surface area (Å²) in [5.41, 5.74) is 4.13. The molecule has 7 heteroatoms. The fourth-order valence-corrected chi connectivity index (χ4v) is 3.97. The van der Waals surface area contributed by atoms with Gasteiger partial charge >= 0.3 is 0 Å². The second kappa shape index (κ2) is 8.80. The third kappa shape index (κ3) is 4.56. The molecule has 1 unspecified atom stereocenters. The van der Waals surface area contributed by atoms with Gasteiger partial charge in [0.2, 0.25) is 0 Å². The predicted octanol–water partition coefficient (Wildman–Crippen LogP) is 5.30. The summed E-state index contributed by atoms with van der Waals surface area (Å²) >= 11 is 7.57. The number of benzene rings is 1. The van der Waals surface area contributed by atoms with Crippen LogP contribution in [0.1, 0.15) is 51.9 Å². The smallest absolute Gasteiger partial charge is 0.261 e. The average molecular weight is 418 g/mol. The molecule has 1 amide bonds. The van der Waals surface area contributed by atoms with E-state index >= 15 is 0 Å². The number of rotatable bonds is 7. The fraction of sp³-hybridized carbons (Fsp3) is 0.333. The minimum absolute atomic E-state index is 0.0963. The Morgan fingerprint density at radius 1 is 1.36 bits per heavy atom. The van der Waals surface area contributed by atoms with E-state index in [9.17, 15) is 4.79 Å². The fourth-order valence-electron chi connectivity index (χ4n) is 3.00. The minimum atomic E-state index is -0.110. The van der Waals surface area contributed by atoms with Crippen LogP contribution in [-0.2, 0) is 13.2 Å². The number of ether oxygens (including phenoxy) is 1. The maximum atomic E-state index is 12.6. The SMILES string of the molecule is CCn1ncc(C(C)NC(=O)c2cc(COc3cc(C)ccc3Cl)cs2)c1C. The van der Waals surface area contributed by atoms with Gasteiger partial charge in [0.1, 0.15) is 12.4 Å². The zero-order valence-electron chi connectivity index (χ0n) is 16.5. The molecule has 0 aliphatic heterocycles. The Labute approximate surface area is 174 Å². The molecule has 1 atom stereocenters. The summed E-state index contributed by atoms with van der Waals surface area (Å²) in [7, 11) is 0. The lowest BCUT2D eigenvalue weighted by Crippen LogP contribution is -2.26. The van der Waals surface area contributed by atoms with Crippen molar-refractivity contribution in [2.24, 2.45) is 0 Å². The van der Waals surface area contributed by atoms with Crippen LogP contribution in [-0.4, -0.2) is 15.7 Å². The maximum Gasteiger partial charge on any atom is 0.261 e. The van der Waals surface area contributed by atoms with Crippen molar-refractivity contribution in [3.8, 4) is 5.75 Å². The molecule has 28 heavy (non-hydrogen) atoms. The molecule has 2 aromatic heterocycles. The molecule has 148 valence electrons. The zero-order valence-corrected chi connectivity index (χ0v) is 18.0. The van der Waals surface area contributed by atoms with Gasteiger partial charge < -0.3 is 10.1 Å². The van der Waals surface area contributed by atoms with E-state index in [4.69, 9.17) is 16.3 Å². The number of hydrogen-bond donors (Lipinski definition) is 1. The molecule has 0 spiro atoms. The third-order valence-electron chi connectivity index (χ3n) is 4.61. The monoisotopic (exact) mass is 417 g/mol. The minimum Gasteiger partial charge on any atom is -0.487 e. The average Bonchev–Trinajstić information content (AvgIpc) is 3.29.